The molecule has 1 rings (SSSR count). The first kappa shape index (κ1) is 10.8. The van der Waals surface area contributed by atoms with Crippen LogP contribution in [0.4, 0.5) is 0 Å². The molecule has 0 amide bonds. The molecule has 0 saturated carbocycles. The van der Waals surface area contributed by atoms with E-state index in [0.29, 0.717) is 6.54 Å². The molecule has 0 bridgehead atoms. The zero-order chi connectivity index (χ0) is 10.4. The zero-order valence-electron chi connectivity index (χ0n) is 8.15. The lowest BCUT2D eigenvalue weighted by molar-refractivity contribution is 0.0225. The number of aliphatic imine (C=N–C) groups is 2. The summed E-state index contributed by atoms with van der Waals surface area (Å²) in [4.78, 5) is 7.62. The Morgan fingerprint density at radius 2 is 2.07 bits per heavy atom. The molecule has 6 N–H and O–H groups in total. The first-order chi connectivity index (χ1) is 6.68. The fourth-order valence-corrected chi connectivity index (χ4v) is 1.31. The lowest BCUT2D eigenvalue weighted by Gasteiger charge is -2.20. The molecule has 14 heavy (non-hydrogen) atoms. The Morgan fingerprint density at radius 3 is 2.64 bits per heavy atom. The van der Waals surface area contributed by atoms with Gasteiger partial charge in [0, 0.05) is 6.61 Å². The predicted molar refractivity (Wildman–Crippen MR) is 55.9 cm³/mol. The average Bonchev–Trinajstić information content (AvgIpc) is 2.15. The van der Waals surface area contributed by atoms with Gasteiger partial charge < -0.3 is 21.9 Å². The molecule has 6 nitrogen and oxygen atoms in total. The van der Waals surface area contributed by atoms with Crippen molar-refractivity contribution in [3.8, 4) is 0 Å². The fourth-order valence-electron chi connectivity index (χ4n) is 1.31. The van der Waals surface area contributed by atoms with Gasteiger partial charge in [-0.15, -0.1) is 0 Å². The van der Waals surface area contributed by atoms with E-state index in [9.17, 15) is 0 Å². The monoisotopic (exact) mass is 199 g/mol. The maximum atomic E-state index is 5.46. The van der Waals surface area contributed by atoms with E-state index in [4.69, 9.17) is 21.9 Å². The van der Waals surface area contributed by atoms with E-state index in [1.807, 2.05) is 0 Å². The van der Waals surface area contributed by atoms with Gasteiger partial charge in [-0.05, 0) is 19.3 Å². The van der Waals surface area contributed by atoms with Gasteiger partial charge >= 0.3 is 0 Å². The van der Waals surface area contributed by atoms with Crippen LogP contribution in [0.2, 0.25) is 0 Å². The molecule has 1 saturated heterocycles. The van der Waals surface area contributed by atoms with Crippen LogP contribution >= 0.6 is 0 Å². The smallest absolute Gasteiger partial charge is 0.218 e. The Bertz CT molecular complexity index is 228. The average molecular weight is 199 g/mol. The summed E-state index contributed by atoms with van der Waals surface area (Å²) in [6.07, 6.45) is 3.50. The van der Waals surface area contributed by atoms with Crippen LogP contribution in [0.1, 0.15) is 19.3 Å². The highest BCUT2D eigenvalue weighted by Crippen LogP contribution is 2.12. The maximum absolute atomic E-state index is 5.46. The van der Waals surface area contributed by atoms with Gasteiger partial charge in [0.25, 0.3) is 0 Å². The Labute approximate surface area is 83.2 Å². The number of nitrogens with two attached hydrogens (primary N) is 3. The number of hydrogen-bond acceptors (Lipinski definition) is 2. The Morgan fingerprint density at radius 1 is 1.29 bits per heavy atom. The zero-order valence-corrected chi connectivity index (χ0v) is 8.15. The van der Waals surface area contributed by atoms with Crippen molar-refractivity contribution in [2.24, 2.45) is 27.2 Å². The first-order valence-electron chi connectivity index (χ1n) is 4.69. The van der Waals surface area contributed by atoms with Gasteiger partial charge in [0.2, 0.25) is 5.96 Å². The number of hydrogen-bond donors (Lipinski definition) is 3. The van der Waals surface area contributed by atoms with Crippen molar-refractivity contribution in [1.82, 2.24) is 0 Å². The molecule has 1 aliphatic heterocycles. The Hall–Kier alpha value is -1.30. The van der Waals surface area contributed by atoms with Crippen molar-refractivity contribution in [2.45, 2.75) is 25.4 Å². The van der Waals surface area contributed by atoms with Crippen LogP contribution in [-0.2, 0) is 4.74 Å². The van der Waals surface area contributed by atoms with Crippen molar-refractivity contribution in [3.63, 3.8) is 0 Å². The van der Waals surface area contributed by atoms with Gasteiger partial charge in [-0.3, -0.25) is 0 Å². The lowest BCUT2D eigenvalue weighted by Crippen LogP contribution is -2.28. The van der Waals surface area contributed by atoms with Crippen LogP contribution < -0.4 is 17.2 Å². The van der Waals surface area contributed by atoms with Crippen molar-refractivity contribution in [3.05, 3.63) is 0 Å². The van der Waals surface area contributed by atoms with Crippen molar-refractivity contribution in [2.75, 3.05) is 13.2 Å². The van der Waals surface area contributed by atoms with Crippen molar-refractivity contribution < 1.29 is 4.74 Å². The molecule has 0 radical (unpaired) electrons. The minimum atomic E-state index is -0.0733. The highest BCUT2D eigenvalue weighted by atomic mass is 16.5. The van der Waals surface area contributed by atoms with Crippen LogP contribution in [0.15, 0.2) is 9.98 Å². The SMILES string of the molecule is NC(N)=NC(N)=NCC1CCCCO1. The van der Waals surface area contributed by atoms with E-state index in [0.717, 1.165) is 19.4 Å². The summed E-state index contributed by atoms with van der Waals surface area (Å²) in [7, 11) is 0. The molecule has 0 spiro atoms. The van der Waals surface area contributed by atoms with Crippen LogP contribution in [0.3, 0.4) is 0 Å². The molecule has 6 heteroatoms. The van der Waals surface area contributed by atoms with E-state index in [1.165, 1.54) is 6.42 Å². The van der Waals surface area contributed by atoms with E-state index >= 15 is 0 Å². The third kappa shape index (κ3) is 4.08. The number of nitrogens with zero attached hydrogens (tertiary/aromatic N) is 2. The Kier molecular flexibility index (Phi) is 4.18. The van der Waals surface area contributed by atoms with E-state index in [2.05, 4.69) is 9.98 Å². The summed E-state index contributed by atoms with van der Waals surface area (Å²) in [6.45, 7) is 1.34. The summed E-state index contributed by atoms with van der Waals surface area (Å²) in [6, 6.07) is 0. The molecular weight excluding hydrogens is 182 g/mol. The topological polar surface area (TPSA) is 112 Å². The molecule has 1 atom stereocenters. The molecule has 0 aliphatic carbocycles. The van der Waals surface area contributed by atoms with Gasteiger partial charge in [0.1, 0.15) is 0 Å². The second kappa shape index (κ2) is 5.43. The van der Waals surface area contributed by atoms with Crippen LogP contribution in [0.5, 0.6) is 0 Å². The van der Waals surface area contributed by atoms with E-state index < -0.39 is 0 Å². The van der Waals surface area contributed by atoms with Crippen LogP contribution in [0.25, 0.3) is 0 Å². The lowest BCUT2D eigenvalue weighted by atomic mass is 10.1. The van der Waals surface area contributed by atoms with E-state index in [-0.39, 0.29) is 18.0 Å². The number of guanidine groups is 2. The largest absolute Gasteiger partial charge is 0.376 e. The van der Waals surface area contributed by atoms with Gasteiger partial charge in [-0.1, -0.05) is 0 Å². The third-order valence-corrected chi connectivity index (χ3v) is 1.97. The van der Waals surface area contributed by atoms with Gasteiger partial charge in [0.15, 0.2) is 5.96 Å². The Balaban J connectivity index is 2.33. The second-order valence-corrected chi connectivity index (χ2v) is 3.22. The molecule has 1 fully saturated rings. The molecule has 1 heterocycles. The van der Waals surface area contributed by atoms with E-state index in [1.54, 1.807) is 0 Å². The summed E-state index contributed by atoms with van der Waals surface area (Å²) in [5, 5.41) is 0. The van der Waals surface area contributed by atoms with Crippen LogP contribution in [-0.4, -0.2) is 31.2 Å². The van der Waals surface area contributed by atoms with Gasteiger partial charge in [-0.25, -0.2) is 4.99 Å². The summed E-state index contributed by atoms with van der Waals surface area (Å²) in [5.74, 6) is 0.0370. The molecule has 80 valence electrons. The summed E-state index contributed by atoms with van der Waals surface area (Å²) < 4.78 is 5.46. The van der Waals surface area contributed by atoms with Crippen molar-refractivity contribution in [1.29, 1.82) is 0 Å². The minimum Gasteiger partial charge on any atom is -0.376 e. The van der Waals surface area contributed by atoms with Crippen molar-refractivity contribution >= 4 is 11.9 Å². The molecule has 1 aliphatic rings. The first-order valence-corrected chi connectivity index (χ1v) is 4.69. The molecular formula is C8H17N5O. The van der Waals surface area contributed by atoms with Gasteiger partial charge in [0.05, 0.1) is 12.6 Å². The second-order valence-electron chi connectivity index (χ2n) is 3.22. The highest BCUT2D eigenvalue weighted by Gasteiger charge is 2.12. The number of ether oxygens (including phenoxy) is 1. The molecule has 0 aromatic rings. The molecule has 1 unspecified atom stereocenters. The normalized spacial score (nSPS) is 23.1. The minimum absolute atomic E-state index is 0.0733. The third-order valence-electron chi connectivity index (χ3n) is 1.97. The maximum Gasteiger partial charge on any atom is 0.218 e. The van der Waals surface area contributed by atoms with Crippen LogP contribution in [0, 0.1) is 0 Å². The summed E-state index contributed by atoms with van der Waals surface area (Å²) in [5.41, 5.74) is 15.7. The molecule has 0 aromatic heterocycles. The molecule has 0 aromatic carbocycles. The fraction of sp³-hybridized carbons (Fsp3) is 0.750. The van der Waals surface area contributed by atoms with Gasteiger partial charge in [-0.2, -0.15) is 4.99 Å². The quantitative estimate of drug-likeness (QED) is 0.397. The summed E-state index contributed by atoms with van der Waals surface area (Å²) >= 11 is 0. The number of rotatable bonds is 2. The standard InChI is InChI=1S/C8H17N5O/c9-7(10)13-8(11)12-5-6-3-1-2-4-14-6/h6H,1-5H2,(H6,9,10,11,12,13). The predicted octanol–water partition coefficient (Wildman–Crippen LogP) is -0.856. The highest BCUT2D eigenvalue weighted by molar-refractivity contribution is 5.92.